The molecule has 3 heterocycles. The summed E-state index contributed by atoms with van der Waals surface area (Å²) in [5.74, 6) is 0. The molecule has 0 aliphatic carbocycles. The summed E-state index contributed by atoms with van der Waals surface area (Å²) in [6.07, 6.45) is 7.91. The van der Waals surface area contributed by atoms with E-state index in [4.69, 9.17) is 0 Å². The number of aromatic nitrogens is 3. The van der Waals surface area contributed by atoms with Gasteiger partial charge in [-0.25, -0.2) is 0 Å². The van der Waals surface area contributed by atoms with Crippen LogP contribution in [0.1, 0.15) is 45.4 Å². The average Bonchev–Trinajstić information content (AvgIpc) is 3.65. The van der Waals surface area contributed by atoms with E-state index in [1.165, 1.54) is 87.4 Å². The SMILES string of the molecule is CCCCCCCCn1c2ccccc2c2cc(-c3ccc(-c4ccc(Br)c5nsnc45)s3)ccc21. The van der Waals surface area contributed by atoms with Gasteiger partial charge in [-0.3, -0.25) is 0 Å². The van der Waals surface area contributed by atoms with Crippen molar-refractivity contribution in [2.45, 2.75) is 52.0 Å². The first-order valence-corrected chi connectivity index (χ1v) is 15.1. The predicted octanol–water partition coefficient (Wildman–Crippen LogP) is 10.3. The molecule has 0 bridgehead atoms. The molecule has 0 aliphatic heterocycles. The van der Waals surface area contributed by atoms with Gasteiger partial charge in [-0.05, 0) is 64.3 Å². The molecule has 0 atom stereocenters. The Morgan fingerprint density at radius 1 is 0.750 bits per heavy atom. The lowest BCUT2D eigenvalue weighted by Gasteiger charge is -2.08. The monoisotopic (exact) mass is 573 g/mol. The lowest BCUT2D eigenvalue weighted by Crippen LogP contribution is -1.97. The fraction of sp³-hybridized carbons (Fsp3) is 0.267. The summed E-state index contributed by atoms with van der Waals surface area (Å²) in [5, 5.41) is 2.69. The van der Waals surface area contributed by atoms with Crippen LogP contribution in [0.15, 0.2) is 71.2 Å². The van der Waals surface area contributed by atoms with Crippen molar-refractivity contribution in [3.8, 4) is 20.9 Å². The third-order valence-corrected chi connectivity index (χ3v) is 9.37. The third-order valence-electron chi connectivity index (χ3n) is 7.03. The molecule has 182 valence electrons. The zero-order valence-electron chi connectivity index (χ0n) is 20.3. The van der Waals surface area contributed by atoms with Crippen LogP contribution in [-0.4, -0.2) is 13.3 Å². The highest BCUT2D eigenvalue weighted by Crippen LogP contribution is 2.40. The van der Waals surface area contributed by atoms with Gasteiger partial charge in [-0.2, -0.15) is 8.75 Å². The molecular formula is C30H28BrN3S2. The molecule has 0 amide bonds. The third kappa shape index (κ3) is 4.40. The van der Waals surface area contributed by atoms with E-state index < -0.39 is 0 Å². The Balaban J connectivity index is 1.33. The minimum atomic E-state index is 0.937. The van der Waals surface area contributed by atoms with Crippen LogP contribution in [0.4, 0.5) is 0 Å². The maximum atomic E-state index is 4.57. The van der Waals surface area contributed by atoms with Crippen molar-refractivity contribution < 1.29 is 0 Å². The Labute approximate surface area is 228 Å². The lowest BCUT2D eigenvalue weighted by molar-refractivity contribution is 0.571. The van der Waals surface area contributed by atoms with Crippen LogP contribution < -0.4 is 0 Å². The summed E-state index contributed by atoms with van der Waals surface area (Å²) in [7, 11) is 0. The van der Waals surface area contributed by atoms with Gasteiger partial charge in [0.05, 0.1) is 11.7 Å². The van der Waals surface area contributed by atoms with Crippen LogP contribution in [-0.2, 0) is 6.54 Å². The Morgan fingerprint density at radius 2 is 1.53 bits per heavy atom. The first-order chi connectivity index (χ1) is 17.7. The second-order valence-electron chi connectivity index (χ2n) is 9.39. The highest BCUT2D eigenvalue weighted by molar-refractivity contribution is 9.10. The van der Waals surface area contributed by atoms with Crippen molar-refractivity contribution in [3.05, 3.63) is 71.2 Å². The average molecular weight is 575 g/mol. The molecule has 3 aromatic carbocycles. The molecule has 6 heteroatoms. The first-order valence-electron chi connectivity index (χ1n) is 12.8. The van der Waals surface area contributed by atoms with Crippen molar-refractivity contribution in [1.29, 1.82) is 0 Å². The normalized spacial score (nSPS) is 11.8. The fourth-order valence-corrected chi connectivity index (χ4v) is 7.30. The number of halogens is 1. The molecule has 0 saturated carbocycles. The molecule has 0 unspecified atom stereocenters. The zero-order chi connectivity index (χ0) is 24.5. The highest BCUT2D eigenvalue weighted by Gasteiger charge is 2.15. The minimum Gasteiger partial charge on any atom is -0.340 e. The number of hydrogen-bond donors (Lipinski definition) is 0. The van der Waals surface area contributed by atoms with Crippen molar-refractivity contribution in [1.82, 2.24) is 13.3 Å². The van der Waals surface area contributed by atoms with Gasteiger partial charge >= 0.3 is 0 Å². The van der Waals surface area contributed by atoms with Crippen molar-refractivity contribution in [2.24, 2.45) is 0 Å². The number of para-hydroxylation sites is 1. The molecular weight excluding hydrogens is 546 g/mol. The summed E-state index contributed by atoms with van der Waals surface area (Å²) < 4.78 is 12.6. The van der Waals surface area contributed by atoms with Crippen molar-refractivity contribution in [2.75, 3.05) is 0 Å². The summed E-state index contributed by atoms with van der Waals surface area (Å²) >= 11 is 6.69. The quantitative estimate of drug-likeness (QED) is 0.161. The summed E-state index contributed by atoms with van der Waals surface area (Å²) in [6, 6.07) is 24.5. The predicted molar refractivity (Wildman–Crippen MR) is 160 cm³/mol. The highest BCUT2D eigenvalue weighted by atomic mass is 79.9. The van der Waals surface area contributed by atoms with Crippen molar-refractivity contribution >= 4 is 71.8 Å². The molecule has 3 aromatic heterocycles. The number of nitrogens with zero attached hydrogens (tertiary/aromatic N) is 3. The zero-order valence-corrected chi connectivity index (χ0v) is 23.6. The maximum absolute atomic E-state index is 4.57. The van der Waals surface area contributed by atoms with E-state index >= 15 is 0 Å². The fourth-order valence-electron chi connectivity index (χ4n) is 5.17. The molecule has 0 fully saturated rings. The Kier molecular flexibility index (Phi) is 6.92. The standard InChI is InChI=1S/C30H28BrN3S2/c1-2-3-4-5-6-9-18-34-25-11-8-7-10-21(25)23-19-20(12-15-26(23)34)27-16-17-28(35-27)22-13-14-24(31)30-29(22)32-36-33-30/h7-8,10-17,19H,2-6,9,18H2,1H3. The second-order valence-corrected chi connectivity index (χ2v) is 11.9. The molecule has 0 N–H and O–H groups in total. The van der Waals surface area contributed by atoms with E-state index in [-0.39, 0.29) is 0 Å². The van der Waals surface area contributed by atoms with E-state index in [1.54, 1.807) is 0 Å². The van der Waals surface area contributed by atoms with Crippen LogP contribution in [0.25, 0.3) is 53.7 Å². The first kappa shape index (κ1) is 23.8. The molecule has 0 spiro atoms. The second kappa shape index (κ2) is 10.4. The minimum absolute atomic E-state index is 0.937. The smallest absolute Gasteiger partial charge is 0.119 e. The summed E-state index contributed by atoms with van der Waals surface area (Å²) in [5.41, 5.74) is 7.01. The topological polar surface area (TPSA) is 30.7 Å². The number of hydrogen-bond acceptors (Lipinski definition) is 4. The van der Waals surface area contributed by atoms with Gasteiger partial charge in [0.2, 0.25) is 0 Å². The number of fused-ring (bicyclic) bond motifs is 4. The van der Waals surface area contributed by atoms with Gasteiger partial charge in [-0.1, -0.05) is 69.4 Å². The summed E-state index contributed by atoms with van der Waals surface area (Å²) in [6.45, 7) is 3.36. The van der Waals surface area contributed by atoms with Gasteiger partial charge in [0.15, 0.2) is 0 Å². The van der Waals surface area contributed by atoms with Gasteiger partial charge in [0.25, 0.3) is 0 Å². The van der Waals surface area contributed by atoms with E-state index in [9.17, 15) is 0 Å². The van der Waals surface area contributed by atoms with E-state index in [0.717, 1.165) is 27.6 Å². The molecule has 3 nitrogen and oxygen atoms in total. The van der Waals surface area contributed by atoms with Crippen molar-refractivity contribution in [3.63, 3.8) is 0 Å². The van der Waals surface area contributed by atoms with Gasteiger partial charge in [-0.15, -0.1) is 11.3 Å². The molecule has 36 heavy (non-hydrogen) atoms. The number of rotatable bonds is 9. The molecule has 6 aromatic rings. The Morgan fingerprint density at radius 3 is 2.44 bits per heavy atom. The van der Waals surface area contributed by atoms with Gasteiger partial charge < -0.3 is 4.57 Å². The number of unbranched alkanes of at least 4 members (excludes halogenated alkanes) is 5. The molecule has 0 aliphatic rings. The lowest BCUT2D eigenvalue weighted by atomic mass is 10.1. The van der Waals surface area contributed by atoms with E-state index in [2.05, 4.69) is 103 Å². The van der Waals surface area contributed by atoms with Crippen LogP contribution in [0.5, 0.6) is 0 Å². The van der Waals surface area contributed by atoms with Gasteiger partial charge in [0, 0.05) is 48.1 Å². The Bertz CT molecular complexity index is 1660. The van der Waals surface area contributed by atoms with E-state index in [0.29, 0.717) is 0 Å². The van der Waals surface area contributed by atoms with Crippen LogP contribution in [0.3, 0.4) is 0 Å². The molecule has 0 radical (unpaired) electrons. The van der Waals surface area contributed by atoms with Crippen LogP contribution >= 0.6 is 39.0 Å². The largest absolute Gasteiger partial charge is 0.340 e. The molecule has 0 saturated heterocycles. The molecule has 6 rings (SSSR count). The number of benzene rings is 3. The summed E-state index contributed by atoms with van der Waals surface area (Å²) in [4.78, 5) is 2.50. The van der Waals surface area contributed by atoms with E-state index in [1.807, 2.05) is 11.3 Å². The van der Waals surface area contributed by atoms with Crippen LogP contribution in [0, 0.1) is 0 Å². The van der Waals surface area contributed by atoms with Gasteiger partial charge in [0.1, 0.15) is 11.0 Å². The number of thiophene rings is 1. The van der Waals surface area contributed by atoms with Crippen LogP contribution in [0.2, 0.25) is 0 Å². The maximum Gasteiger partial charge on any atom is 0.119 e. The number of aryl methyl sites for hydroxylation is 1. The Hall–Kier alpha value is -2.54.